The van der Waals surface area contributed by atoms with Gasteiger partial charge in [0, 0.05) is 0 Å². The third-order valence-corrected chi connectivity index (χ3v) is 4.12. The average molecular weight is 280 g/mol. The van der Waals surface area contributed by atoms with Gasteiger partial charge in [0.15, 0.2) is 0 Å². The molecule has 2 aromatic carbocycles. The zero-order valence-electron chi connectivity index (χ0n) is 12.3. The summed E-state index contributed by atoms with van der Waals surface area (Å²) in [5.41, 5.74) is 3.74. The predicted octanol–water partition coefficient (Wildman–Crippen LogP) is 5.46. The number of azo groups is 1. The minimum Gasteiger partial charge on any atom is -0.506 e. The van der Waals surface area contributed by atoms with Crippen LogP contribution >= 0.6 is 0 Å². The largest absolute Gasteiger partial charge is 0.506 e. The molecule has 3 rings (SSSR count). The highest BCUT2D eigenvalue weighted by molar-refractivity contribution is 5.53. The molecule has 0 aliphatic heterocycles. The van der Waals surface area contributed by atoms with Crippen LogP contribution < -0.4 is 0 Å². The Balaban J connectivity index is 1.83. The minimum absolute atomic E-state index is 0.167. The van der Waals surface area contributed by atoms with Gasteiger partial charge in [0.05, 0.1) is 5.69 Å². The van der Waals surface area contributed by atoms with Gasteiger partial charge in [-0.25, -0.2) is 0 Å². The molecule has 0 saturated heterocycles. The predicted molar refractivity (Wildman–Crippen MR) is 84.5 cm³/mol. The van der Waals surface area contributed by atoms with E-state index < -0.39 is 0 Å². The fourth-order valence-electron chi connectivity index (χ4n) is 2.61. The van der Waals surface area contributed by atoms with Crippen molar-refractivity contribution >= 4 is 11.4 Å². The first-order chi connectivity index (χ1) is 10.2. The van der Waals surface area contributed by atoms with Gasteiger partial charge < -0.3 is 5.11 Å². The van der Waals surface area contributed by atoms with Crippen molar-refractivity contribution in [2.45, 2.75) is 32.6 Å². The number of aromatic hydroxyl groups is 1. The van der Waals surface area contributed by atoms with Crippen molar-refractivity contribution < 1.29 is 5.11 Å². The molecule has 0 radical (unpaired) electrons. The summed E-state index contributed by atoms with van der Waals surface area (Å²) in [6.07, 6.45) is 5.08. The maximum Gasteiger partial charge on any atom is 0.143 e. The molecule has 1 aliphatic rings. The second-order valence-electron chi connectivity index (χ2n) is 5.82. The second kappa shape index (κ2) is 6.08. The van der Waals surface area contributed by atoms with Gasteiger partial charge in [0.1, 0.15) is 11.4 Å². The number of phenols is 1. The van der Waals surface area contributed by atoms with E-state index in [1.165, 1.54) is 24.8 Å². The van der Waals surface area contributed by atoms with E-state index in [1.54, 1.807) is 6.07 Å². The van der Waals surface area contributed by atoms with Crippen molar-refractivity contribution in [1.82, 2.24) is 0 Å². The maximum absolute atomic E-state index is 9.82. The van der Waals surface area contributed by atoms with Crippen LogP contribution in [0.5, 0.6) is 5.75 Å². The summed E-state index contributed by atoms with van der Waals surface area (Å²) >= 11 is 0. The van der Waals surface area contributed by atoms with Crippen LogP contribution in [0.1, 0.15) is 30.4 Å². The normalized spacial score (nSPS) is 15.3. The summed E-state index contributed by atoms with van der Waals surface area (Å²) in [7, 11) is 0. The van der Waals surface area contributed by atoms with Crippen molar-refractivity contribution in [2.75, 3.05) is 0 Å². The lowest BCUT2D eigenvalue weighted by molar-refractivity contribution is 0.314. The third-order valence-electron chi connectivity index (χ3n) is 4.12. The van der Waals surface area contributed by atoms with Gasteiger partial charge in [-0.15, -0.1) is 5.11 Å². The molecule has 1 saturated carbocycles. The number of benzene rings is 2. The van der Waals surface area contributed by atoms with E-state index in [2.05, 4.69) is 22.4 Å². The Hall–Kier alpha value is -2.16. The summed E-state index contributed by atoms with van der Waals surface area (Å²) in [5, 5.41) is 18.4. The van der Waals surface area contributed by atoms with Gasteiger partial charge >= 0.3 is 0 Å². The number of rotatable bonds is 4. The lowest BCUT2D eigenvalue weighted by Crippen LogP contribution is -2.13. The molecular weight excluding hydrogens is 260 g/mol. The Bertz CT molecular complexity index is 660. The smallest absolute Gasteiger partial charge is 0.143 e. The molecular formula is C18H20N2O. The van der Waals surface area contributed by atoms with Crippen LogP contribution in [-0.4, -0.2) is 5.11 Å². The summed E-state index contributed by atoms with van der Waals surface area (Å²) < 4.78 is 0. The van der Waals surface area contributed by atoms with E-state index in [0.29, 0.717) is 5.69 Å². The van der Waals surface area contributed by atoms with E-state index >= 15 is 0 Å². The van der Waals surface area contributed by atoms with Crippen LogP contribution in [0.25, 0.3) is 0 Å². The number of aryl methyl sites for hydroxylation is 1. The zero-order chi connectivity index (χ0) is 14.7. The highest BCUT2D eigenvalue weighted by Crippen LogP contribution is 2.34. The van der Waals surface area contributed by atoms with Crippen LogP contribution in [0.15, 0.2) is 52.7 Å². The highest BCUT2D eigenvalue weighted by atomic mass is 16.3. The minimum atomic E-state index is 0.167. The standard InChI is InChI=1S/C18H20N2O/c1-13-9-10-18(21)17(11-13)20-19-16-8-3-2-7-15(16)12-14-5-4-6-14/h2-3,7-11,14,21H,4-6,12H2,1H3/b20-19+. The zero-order valence-corrected chi connectivity index (χ0v) is 12.3. The Morgan fingerprint density at radius 3 is 2.57 bits per heavy atom. The molecule has 2 aromatic rings. The number of hydrogen-bond acceptors (Lipinski definition) is 3. The first kappa shape index (κ1) is 13.8. The molecule has 0 heterocycles. The lowest BCUT2D eigenvalue weighted by atomic mass is 9.81. The molecule has 3 heteroatoms. The van der Waals surface area contributed by atoms with E-state index in [-0.39, 0.29) is 5.75 Å². The van der Waals surface area contributed by atoms with Crippen molar-refractivity contribution in [1.29, 1.82) is 0 Å². The van der Waals surface area contributed by atoms with Gasteiger partial charge in [-0.2, -0.15) is 5.11 Å². The van der Waals surface area contributed by atoms with Crippen LogP contribution in [0.3, 0.4) is 0 Å². The number of hydrogen-bond donors (Lipinski definition) is 1. The van der Waals surface area contributed by atoms with Gasteiger partial charge in [-0.3, -0.25) is 0 Å². The number of nitrogens with zero attached hydrogens (tertiary/aromatic N) is 2. The average Bonchev–Trinajstić information content (AvgIpc) is 2.45. The molecule has 0 atom stereocenters. The van der Waals surface area contributed by atoms with E-state index in [4.69, 9.17) is 0 Å². The van der Waals surface area contributed by atoms with Crippen molar-refractivity contribution in [3.63, 3.8) is 0 Å². The van der Waals surface area contributed by atoms with Crippen LogP contribution in [0.4, 0.5) is 11.4 Å². The second-order valence-corrected chi connectivity index (χ2v) is 5.82. The van der Waals surface area contributed by atoms with E-state index in [1.807, 2.05) is 31.2 Å². The molecule has 0 aromatic heterocycles. The van der Waals surface area contributed by atoms with Crippen LogP contribution in [0.2, 0.25) is 0 Å². The van der Waals surface area contributed by atoms with Crippen LogP contribution in [0, 0.1) is 12.8 Å². The molecule has 0 unspecified atom stereocenters. The molecule has 0 spiro atoms. The molecule has 1 N–H and O–H groups in total. The summed E-state index contributed by atoms with van der Waals surface area (Å²) in [4.78, 5) is 0. The molecule has 3 nitrogen and oxygen atoms in total. The van der Waals surface area contributed by atoms with E-state index in [9.17, 15) is 5.11 Å². The molecule has 21 heavy (non-hydrogen) atoms. The van der Waals surface area contributed by atoms with Gasteiger partial charge in [0.2, 0.25) is 0 Å². The Morgan fingerprint density at radius 1 is 1.05 bits per heavy atom. The van der Waals surface area contributed by atoms with Crippen LogP contribution in [-0.2, 0) is 6.42 Å². The lowest BCUT2D eigenvalue weighted by Gasteiger charge is -2.25. The number of phenolic OH excluding ortho intramolecular Hbond substituents is 1. The molecule has 0 amide bonds. The molecule has 0 bridgehead atoms. The van der Waals surface area contributed by atoms with Gasteiger partial charge in [-0.05, 0) is 48.6 Å². The maximum atomic E-state index is 9.82. The quantitative estimate of drug-likeness (QED) is 0.743. The Kier molecular flexibility index (Phi) is 4.00. The summed E-state index contributed by atoms with van der Waals surface area (Å²) in [6.45, 7) is 1.98. The first-order valence-corrected chi connectivity index (χ1v) is 7.51. The van der Waals surface area contributed by atoms with Crippen molar-refractivity contribution in [3.8, 4) is 5.75 Å². The fourth-order valence-corrected chi connectivity index (χ4v) is 2.61. The summed E-state index contributed by atoms with van der Waals surface area (Å²) in [5.74, 6) is 0.967. The first-order valence-electron chi connectivity index (χ1n) is 7.51. The van der Waals surface area contributed by atoms with Crippen molar-refractivity contribution in [3.05, 3.63) is 53.6 Å². The Labute approximate surface area is 125 Å². The molecule has 108 valence electrons. The Morgan fingerprint density at radius 2 is 1.81 bits per heavy atom. The van der Waals surface area contributed by atoms with Gasteiger partial charge in [0.25, 0.3) is 0 Å². The fraction of sp³-hybridized carbons (Fsp3) is 0.333. The van der Waals surface area contributed by atoms with E-state index in [0.717, 1.165) is 23.6 Å². The van der Waals surface area contributed by atoms with Crippen molar-refractivity contribution in [2.24, 2.45) is 16.1 Å². The topological polar surface area (TPSA) is 45.0 Å². The third kappa shape index (κ3) is 3.30. The highest BCUT2D eigenvalue weighted by Gasteiger charge is 2.18. The molecule has 1 aliphatic carbocycles. The molecule has 1 fully saturated rings. The van der Waals surface area contributed by atoms with Gasteiger partial charge in [-0.1, -0.05) is 43.5 Å². The summed E-state index contributed by atoms with van der Waals surface area (Å²) in [6, 6.07) is 13.5. The monoisotopic (exact) mass is 280 g/mol. The SMILES string of the molecule is Cc1ccc(O)c(/N=N/c2ccccc2CC2CCC2)c1.